The summed E-state index contributed by atoms with van der Waals surface area (Å²) in [7, 11) is 0. The standard InChI is InChI=1S/C10H12Cl2Si/c1-3-9-5-4-6-10(7-9)8-13(2,11)12/h3-7H,1,8H2,2H3. The van der Waals surface area contributed by atoms with Gasteiger partial charge in [-0.3, -0.25) is 0 Å². The van der Waals surface area contributed by atoms with Crippen LogP contribution in [0.15, 0.2) is 30.8 Å². The van der Waals surface area contributed by atoms with Crippen LogP contribution in [-0.4, -0.2) is 6.69 Å². The van der Waals surface area contributed by atoms with Crippen molar-refractivity contribution in [1.82, 2.24) is 0 Å². The van der Waals surface area contributed by atoms with Gasteiger partial charge in [0, 0.05) is 0 Å². The minimum Gasteiger partial charge on any atom is -0.146 e. The van der Waals surface area contributed by atoms with E-state index in [-0.39, 0.29) is 0 Å². The summed E-state index contributed by atoms with van der Waals surface area (Å²) in [5, 5.41) is 0. The van der Waals surface area contributed by atoms with Gasteiger partial charge in [-0.15, -0.1) is 22.2 Å². The maximum Gasteiger partial charge on any atom is 0.252 e. The van der Waals surface area contributed by atoms with Gasteiger partial charge < -0.3 is 0 Å². The van der Waals surface area contributed by atoms with E-state index in [1.54, 1.807) is 0 Å². The molecule has 0 amide bonds. The van der Waals surface area contributed by atoms with Crippen molar-refractivity contribution >= 4 is 34.9 Å². The molecule has 1 aromatic carbocycles. The van der Waals surface area contributed by atoms with Gasteiger partial charge in [-0.2, -0.15) is 0 Å². The van der Waals surface area contributed by atoms with Crippen molar-refractivity contribution in [2.45, 2.75) is 12.6 Å². The Bertz CT molecular complexity index is 302. The Kier molecular flexibility index (Phi) is 3.60. The van der Waals surface area contributed by atoms with Crippen LogP contribution in [0.25, 0.3) is 6.08 Å². The van der Waals surface area contributed by atoms with Gasteiger partial charge in [-0.1, -0.05) is 36.9 Å². The van der Waals surface area contributed by atoms with Crippen LogP contribution in [0.4, 0.5) is 0 Å². The summed E-state index contributed by atoms with van der Waals surface area (Å²) in [6.45, 7) is 3.62. The van der Waals surface area contributed by atoms with Crippen LogP contribution in [0.2, 0.25) is 6.55 Å². The Morgan fingerprint density at radius 2 is 2.15 bits per heavy atom. The fourth-order valence-electron chi connectivity index (χ4n) is 1.19. The zero-order valence-electron chi connectivity index (χ0n) is 7.56. The number of halogens is 2. The SMILES string of the molecule is C=Cc1cccc(C[Si](C)(Cl)Cl)c1. The molecular weight excluding hydrogens is 219 g/mol. The van der Waals surface area contributed by atoms with Crippen LogP contribution in [0.3, 0.4) is 0 Å². The van der Waals surface area contributed by atoms with Crippen LogP contribution in [-0.2, 0) is 6.04 Å². The Hall–Kier alpha value is -0.243. The van der Waals surface area contributed by atoms with E-state index in [9.17, 15) is 0 Å². The van der Waals surface area contributed by atoms with E-state index < -0.39 is 6.69 Å². The Labute approximate surface area is 89.6 Å². The summed E-state index contributed by atoms with van der Waals surface area (Å²) in [5.41, 5.74) is 2.31. The highest BCUT2D eigenvalue weighted by atomic mass is 35.7. The lowest BCUT2D eigenvalue weighted by atomic mass is 10.1. The van der Waals surface area contributed by atoms with Gasteiger partial charge in [0.15, 0.2) is 0 Å². The molecule has 0 bridgehead atoms. The summed E-state index contributed by atoms with van der Waals surface area (Å²) in [6, 6.07) is 8.92. The van der Waals surface area contributed by atoms with Crippen molar-refractivity contribution in [1.29, 1.82) is 0 Å². The van der Waals surface area contributed by atoms with Gasteiger partial charge in [0.25, 0.3) is 6.69 Å². The first-order valence-electron chi connectivity index (χ1n) is 4.10. The third-order valence-electron chi connectivity index (χ3n) is 1.70. The van der Waals surface area contributed by atoms with Crippen molar-refractivity contribution in [3.8, 4) is 0 Å². The molecule has 0 aliphatic rings. The molecule has 1 rings (SSSR count). The Morgan fingerprint density at radius 1 is 1.46 bits per heavy atom. The van der Waals surface area contributed by atoms with Gasteiger partial charge in [0.1, 0.15) is 0 Å². The van der Waals surface area contributed by atoms with Crippen LogP contribution in [0.5, 0.6) is 0 Å². The number of rotatable bonds is 3. The van der Waals surface area contributed by atoms with Gasteiger partial charge in [0.2, 0.25) is 0 Å². The van der Waals surface area contributed by atoms with E-state index in [0.29, 0.717) is 0 Å². The summed E-state index contributed by atoms with van der Waals surface area (Å²) in [6.07, 6.45) is 1.82. The molecule has 0 radical (unpaired) electrons. The van der Waals surface area contributed by atoms with Crippen LogP contribution in [0.1, 0.15) is 11.1 Å². The number of hydrogen-bond donors (Lipinski definition) is 0. The monoisotopic (exact) mass is 230 g/mol. The molecule has 3 heteroatoms. The predicted molar refractivity (Wildman–Crippen MR) is 63.6 cm³/mol. The van der Waals surface area contributed by atoms with E-state index in [2.05, 4.69) is 12.6 Å². The highest BCUT2D eigenvalue weighted by Gasteiger charge is 2.21. The molecule has 0 aliphatic heterocycles. The largest absolute Gasteiger partial charge is 0.252 e. The molecule has 0 saturated carbocycles. The third kappa shape index (κ3) is 3.99. The van der Waals surface area contributed by atoms with Crippen LogP contribution < -0.4 is 0 Å². The first-order valence-corrected chi connectivity index (χ1v) is 8.83. The first kappa shape index (κ1) is 10.8. The number of benzene rings is 1. The third-order valence-corrected chi connectivity index (χ3v) is 3.53. The highest BCUT2D eigenvalue weighted by Crippen LogP contribution is 2.20. The maximum atomic E-state index is 6.04. The van der Waals surface area contributed by atoms with Crippen LogP contribution >= 0.6 is 22.2 Å². The summed E-state index contributed by atoms with van der Waals surface area (Å²) in [4.78, 5) is 0. The molecule has 0 spiro atoms. The molecule has 0 fully saturated rings. The molecule has 0 aromatic heterocycles. The Balaban J connectivity index is 2.84. The molecule has 0 atom stereocenters. The second kappa shape index (κ2) is 4.31. The zero-order chi connectivity index (χ0) is 9.90. The van der Waals surface area contributed by atoms with Gasteiger partial charge in [-0.05, 0) is 23.7 Å². The second-order valence-electron chi connectivity index (χ2n) is 3.20. The quantitative estimate of drug-likeness (QED) is 0.545. The average Bonchev–Trinajstić information content (AvgIpc) is 2.01. The van der Waals surface area contributed by atoms with E-state index in [0.717, 1.165) is 11.6 Å². The minimum absolute atomic E-state index is 0.789. The van der Waals surface area contributed by atoms with Crippen molar-refractivity contribution in [2.24, 2.45) is 0 Å². The van der Waals surface area contributed by atoms with Gasteiger partial charge in [-0.25, -0.2) is 0 Å². The molecule has 0 nitrogen and oxygen atoms in total. The smallest absolute Gasteiger partial charge is 0.146 e. The van der Waals surface area contributed by atoms with E-state index >= 15 is 0 Å². The maximum absolute atomic E-state index is 6.04. The van der Waals surface area contributed by atoms with Gasteiger partial charge in [0.05, 0.1) is 0 Å². The summed E-state index contributed by atoms with van der Waals surface area (Å²) < 4.78 is 0. The lowest BCUT2D eigenvalue weighted by Crippen LogP contribution is -2.17. The van der Waals surface area contributed by atoms with E-state index in [1.807, 2.05) is 30.8 Å². The normalized spacial score (nSPS) is 11.3. The van der Waals surface area contributed by atoms with Crippen molar-refractivity contribution < 1.29 is 0 Å². The Morgan fingerprint density at radius 3 is 2.69 bits per heavy atom. The summed E-state index contributed by atoms with van der Waals surface area (Å²) >= 11 is 12.1. The second-order valence-corrected chi connectivity index (χ2v) is 11.3. The molecule has 0 heterocycles. The lowest BCUT2D eigenvalue weighted by Gasteiger charge is -2.10. The average molecular weight is 231 g/mol. The highest BCUT2D eigenvalue weighted by molar-refractivity contribution is 7.44. The first-order chi connectivity index (χ1) is 6.01. The van der Waals surface area contributed by atoms with E-state index in [1.165, 1.54) is 5.56 Å². The molecule has 13 heavy (non-hydrogen) atoms. The molecule has 70 valence electrons. The zero-order valence-corrected chi connectivity index (χ0v) is 10.1. The molecule has 0 saturated heterocycles. The fraction of sp³-hybridized carbons (Fsp3) is 0.200. The molecular formula is C10H12Cl2Si. The van der Waals surface area contributed by atoms with Crippen molar-refractivity contribution in [2.75, 3.05) is 0 Å². The molecule has 1 aromatic rings. The van der Waals surface area contributed by atoms with Crippen LogP contribution in [0, 0.1) is 0 Å². The number of hydrogen-bond acceptors (Lipinski definition) is 0. The topological polar surface area (TPSA) is 0 Å². The van der Waals surface area contributed by atoms with Crippen molar-refractivity contribution in [3.05, 3.63) is 42.0 Å². The molecule has 0 aliphatic carbocycles. The van der Waals surface area contributed by atoms with E-state index in [4.69, 9.17) is 22.2 Å². The summed E-state index contributed by atoms with van der Waals surface area (Å²) in [5.74, 6) is 0. The fourth-order valence-corrected chi connectivity index (χ4v) is 3.05. The molecule has 0 unspecified atom stereocenters. The lowest BCUT2D eigenvalue weighted by molar-refractivity contribution is 1.36. The van der Waals surface area contributed by atoms with Crippen molar-refractivity contribution in [3.63, 3.8) is 0 Å². The predicted octanol–water partition coefficient (Wildman–Crippen LogP) is 3.96. The minimum atomic E-state index is -2.02. The molecule has 0 N–H and O–H groups in total. The van der Waals surface area contributed by atoms with Gasteiger partial charge >= 0.3 is 0 Å².